The molecule has 0 fully saturated rings. The zero-order valence-corrected chi connectivity index (χ0v) is 11.1. The van der Waals surface area contributed by atoms with Gasteiger partial charge >= 0.3 is 6.01 Å². The molecule has 2 rings (SSSR count). The summed E-state index contributed by atoms with van der Waals surface area (Å²) < 4.78 is 10.4. The molecule has 0 unspecified atom stereocenters. The highest BCUT2D eigenvalue weighted by Gasteiger charge is 2.13. The van der Waals surface area contributed by atoms with E-state index in [1.165, 1.54) is 12.4 Å². The molecule has 100 valence electrons. The number of hydrogen-bond acceptors (Lipinski definition) is 5. The van der Waals surface area contributed by atoms with E-state index < -0.39 is 0 Å². The topological polar surface area (TPSA) is 77.2 Å². The summed E-state index contributed by atoms with van der Waals surface area (Å²) in [6, 6.07) is 1.98. The van der Waals surface area contributed by atoms with Crippen molar-refractivity contribution in [2.75, 3.05) is 11.9 Å². The summed E-state index contributed by atoms with van der Waals surface area (Å²) in [6.45, 7) is 5.89. The first-order valence-electron chi connectivity index (χ1n) is 5.93. The Labute approximate surface area is 110 Å². The Morgan fingerprint density at radius 2 is 2.05 bits per heavy atom. The van der Waals surface area contributed by atoms with Gasteiger partial charge in [-0.15, -0.1) is 0 Å². The average Bonchev–Trinajstić information content (AvgIpc) is 2.71. The zero-order valence-electron chi connectivity index (χ0n) is 11.1. The molecule has 0 radical (unpaired) electrons. The average molecular weight is 261 g/mol. The zero-order chi connectivity index (χ0) is 13.8. The van der Waals surface area contributed by atoms with Crippen LogP contribution in [0.2, 0.25) is 0 Å². The summed E-state index contributed by atoms with van der Waals surface area (Å²) >= 11 is 0. The summed E-state index contributed by atoms with van der Waals surface area (Å²) in [6.07, 6.45) is 3.00. The van der Waals surface area contributed by atoms with Crippen molar-refractivity contribution in [3.05, 3.63) is 35.5 Å². The van der Waals surface area contributed by atoms with E-state index in [-0.39, 0.29) is 11.9 Å². The number of carbonyl (C=O) groups excluding carboxylic acids is 1. The van der Waals surface area contributed by atoms with Crippen molar-refractivity contribution in [3.8, 4) is 6.01 Å². The van der Waals surface area contributed by atoms with Crippen molar-refractivity contribution in [2.24, 2.45) is 0 Å². The minimum absolute atomic E-state index is 0.248. The van der Waals surface area contributed by atoms with Gasteiger partial charge in [-0.05, 0) is 26.8 Å². The van der Waals surface area contributed by atoms with E-state index in [1.54, 1.807) is 19.9 Å². The number of carbonyl (C=O) groups is 1. The lowest BCUT2D eigenvalue weighted by atomic mass is 10.2. The molecule has 0 aromatic carbocycles. The minimum atomic E-state index is -0.248. The van der Waals surface area contributed by atoms with Gasteiger partial charge in [-0.1, -0.05) is 0 Å². The lowest BCUT2D eigenvalue weighted by Gasteiger charge is -2.04. The molecule has 0 aliphatic heterocycles. The highest BCUT2D eigenvalue weighted by molar-refractivity contribution is 6.04. The fraction of sp³-hybridized carbons (Fsp3) is 0.308. The number of furan rings is 1. The Bertz CT molecular complexity index is 575. The van der Waals surface area contributed by atoms with Crippen molar-refractivity contribution >= 4 is 11.6 Å². The van der Waals surface area contributed by atoms with Gasteiger partial charge in [0, 0.05) is 0 Å². The first-order chi connectivity index (χ1) is 9.10. The van der Waals surface area contributed by atoms with Crippen LogP contribution in [0.5, 0.6) is 6.01 Å². The summed E-state index contributed by atoms with van der Waals surface area (Å²) in [5, 5.41) is 2.70. The van der Waals surface area contributed by atoms with Crippen molar-refractivity contribution in [3.63, 3.8) is 0 Å². The third-order valence-corrected chi connectivity index (χ3v) is 2.45. The molecular formula is C13H15N3O3. The lowest BCUT2D eigenvalue weighted by Crippen LogP contribution is -2.12. The standard InChI is InChI=1S/C13H15N3O3/c1-4-18-13-14-6-10(7-15-13)16-12(17)11-5-8(2)19-9(11)3/h5-7H,4H2,1-3H3,(H,16,17). The molecule has 19 heavy (non-hydrogen) atoms. The van der Waals surface area contributed by atoms with Crippen LogP contribution < -0.4 is 10.1 Å². The summed E-state index contributed by atoms with van der Waals surface area (Å²) in [4.78, 5) is 19.9. The van der Waals surface area contributed by atoms with Crippen LogP contribution in [0.4, 0.5) is 5.69 Å². The molecule has 1 amide bonds. The first-order valence-corrected chi connectivity index (χ1v) is 5.93. The Balaban J connectivity index is 2.08. The van der Waals surface area contributed by atoms with E-state index in [4.69, 9.17) is 9.15 Å². The number of nitrogens with zero attached hydrogens (tertiary/aromatic N) is 2. The third kappa shape index (κ3) is 3.09. The molecule has 0 aliphatic rings. The minimum Gasteiger partial charge on any atom is -0.466 e. The number of aryl methyl sites for hydroxylation is 2. The fourth-order valence-corrected chi connectivity index (χ4v) is 1.64. The molecule has 1 N–H and O–H groups in total. The number of ether oxygens (including phenoxy) is 1. The lowest BCUT2D eigenvalue weighted by molar-refractivity contribution is 0.102. The van der Waals surface area contributed by atoms with Gasteiger partial charge in [0.1, 0.15) is 11.5 Å². The normalized spacial score (nSPS) is 10.3. The second-order valence-corrected chi connectivity index (χ2v) is 3.97. The summed E-state index contributed by atoms with van der Waals surface area (Å²) in [7, 11) is 0. The molecule has 0 atom stereocenters. The maximum atomic E-state index is 12.0. The predicted octanol–water partition coefficient (Wildman–Crippen LogP) is 2.34. The van der Waals surface area contributed by atoms with Crippen LogP contribution in [-0.2, 0) is 0 Å². The van der Waals surface area contributed by atoms with E-state index in [0.717, 1.165) is 0 Å². The van der Waals surface area contributed by atoms with Crippen LogP contribution in [0.25, 0.3) is 0 Å². The molecule has 0 aliphatic carbocycles. The van der Waals surface area contributed by atoms with E-state index >= 15 is 0 Å². The van der Waals surface area contributed by atoms with E-state index in [0.29, 0.717) is 29.4 Å². The van der Waals surface area contributed by atoms with Crippen LogP contribution in [0.1, 0.15) is 28.8 Å². The number of rotatable bonds is 4. The van der Waals surface area contributed by atoms with Crippen LogP contribution in [-0.4, -0.2) is 22.5 Å². The van der Waals surface area contributed by atoms with Crippen LogP contribution >= 0.6 is 0 Å². The number of hydrogen-bond donors (Lipinski definition) is 1. The Morgan fingerprint density at radius 3 is 2.58 bits per heavy atom. The highest BCUT2D eigenvalue weighted by atomic mass is 16.5. The number of amides is 1. The highest BCUT2D eigenvalue weighted by Crippen LogP contribution is 2.16. The van der Waals surface area contributed by atoms with Gasteiger partial charge in [-0.25, -0.2) is 9.97 Å². The predicted molar refractivity (Wildman–Crippen MR) is 69.3 cm³/mol. The van der Waals surface area contributed by atoms with Crippen molar-refractivity contribution in [1.82, 2.24) is 9.97 Å². The molecule has 2 heterocycles. The van der Waals surface area contributed by atoms with Crippen molar-refractivity contribution < 1.29 is 13.9 Å². The fourth-order valence-electron chi connectivity index (χ4n) is 1.64. The number of anilines is 1. The molecule has 6 nitrogen and oxygen atoms in total. The maximum Gasteiger partial charge on any atom is 0.316 e. The Hall–Kier alpha value is -2.37. The first kappa shape index (κ1) is 13.1. The number of nitrogens with one attached hydrogen (secondary N) is 1. The van der Waals surface area contributed by atoms with Gasteiger partial charge in [-0.2, -0.15) is 0 Å². The smallest absolute Gasteiger partial charge is 0.316 e. The van der Waals surface area contributed by atoms with E-state index in [1.807, 2.05) is 6.92 Å². The third-order valence-electron chi connectivity index (χ3n) is 2.45. The van der Waals surface area contributed by atoms with Crippen LogP contribution in [0.15, 0.2) is 22.9 Å². The molecule has 0 saturated carbocycles. The van der Waals surface area contributed by atoms with E-state index in [2.05, 4.69) is 15.3 Å². The summed E-state index contributed by atoms with van der Waals surface area (Å²) in [5.41, 5.74) is 1.01. The molecule has 2 aromatic heterocycles. The van der Waals surface area contributed by atoms with Gasteiger partial charge in [0.25, 0.3) is 5.91 Å². The van der Waals surface area contributed by atoms with Gasteiger partial charge in [0.05, 0.1) is 30.3 Å². The van der Waals surface area contributed by atoms with Gasteiger partial charge in [-0.3, -0.25) is 4.79 Å². The Kier molecular flexibility index (Phi) is 3.79. The van der Waals surface area contributed by atoms with Crippen LogP contribution in [0, 0.1) is 13.8 Å². The second kappa shape index (κ2) is 5.51. The molecule has 0 spiro atoms. The Morgan fingerprint density at radius 1 is 1.37 bits per heavy atom. The number of aromatic nitrogens is 2. The molecule has 0 saturated heterocycles. The molecular weight excluding hydrogens is 246 g/mol. The monoisotopic (exact) mass is 261 g/mol. The van der Waals surface area contributed by atoms with E-state index in [9.17, 15) is 4.79 Å². The van der Waals surface area contributed by atoms with Gasteiger partial charge in [0.2, 0.25) is 0 Å². The van der Waals surface area contributed by atoms with Crippen molar-refractivity contribution in [1.29, 1.82) is 0 Å². The molecule has 0 bridgehead atoms. The second-order valence-electron chi connectivity index (χ2n) is 3.97. The quantitative estimate of drug-likeness (QED) is 0.914. The molecule has 2 aromatic rings. The van der Waals surface area contributed by atoms with Crippen LogP contribution in [0.3, 0.4) is 0 Å². The van der Waals surface area contributed by atoms with Crippen molar-refractivity contribution in [2.45, 2.75) is 20.8 Å². The molecule has 6 heteroatoms. The van der Waals surface area contributed by atoms with Gasteiger partial charge in [0.15, 0.2) is 0 Å². The summed E-state index contributed by atoms with van der Waals surface area (Å²) in [5.74, 6) is 1.04. The van der Waals surface area contributed by atoms with Gasteiger partial charge < -0.3 is 14.5 Å². The maximum absolute atomic E-state index is 12.0. The largest absolute Gasteiger partial charge is 0.466 e. The SMILES string of the molecule is CCOc1ncc(NC(=O)c2cc(C)oc2C)cn1.